The summed E-state index contributed by atoms with van der Waals surface area (Å²) in [6.07, 6.45) is 2.05. The zero-order chi connectivity index (χ0) is 17.4. The van der Waals surface area contributed by atoms with Crippen LogP contribution in [0.4, 0.5) is 0 Å². The van der Waals surface area contributed by atoms with Gasteiger partial charge in [0.15, 0.2) is 0 Å². The van der Waals surface area contributed by atoms with E-state index in [0.29, 0.717) is 25.1 Å². The van der Waals surface area contributed by atoms with Gasteiger partial charge in [0.1, 0.15) is 5.82 Å². The second-order valence-electron chi connectivity index (χ2n) is 6.51. The van der Waals surface area contributed by atoms with E-state index < -0.39 is 0 Å². The van der Waals surface area contributed by atoms with Gasteiger partial charge in [0.2, 0.25) is 0 Å². The number of hydrogen-bond donors (Lipinski definition) is 0. The van der Waals surface area contributed by atoms with Gasteiger partial charge in [-0.2, -0.15) is 0 Å². The van der Waals surface area contributed by atoms with Crippen molar-refractivity contribution in [3.63, 3.8) is 0 Å². The smallest absolute Gasteiger partial charge is 0.261 e. The maximum Gasteiger partial charge on any atom is 0.261 e. The maximum atomic E-state index is 12.6. The van der Waals surface area contributed by atoms with Crippen molar-refractivity contribution in [1.82, 2.24) is 19.0 Å². The minimum Gasteiger partial charge on any atom is -0.378 e. The quantitative estimate of drug-likeness (QED) is 0.731. The summed E-state index contributed by atoms with van der Waals surface area (Å²) in [6.45, 7) is 2.79. The second-order valence-corrected chi connectivity index (χ2v) is 6.51. The van der Waals surface area contributed by atoms with Gasteiger partial charge in [0.05, 0.1) is 36.7 Å². The van der Waals surface area contributed by atoms with Gasteiger partial charge in [-0.15, -0.1) is 0 Å². The van der Waals surface area contributed by atoms with Crippen LogP contribution < -0.4 is 5.56 Å². The van der Waals surface area contributed by atoms with Gasteiger partial charge in [-0.25, -0.2) is 4.98 Å². The summed E-state index contributed by atoms with van der Waals surface area (Å²) >= 11 is 0. The zero-order valence-corrected chi connectivity index (χ0v) is 14.6. The van der Waals surface area contributed by atoms with E-state index in [-0.39, 0.29) is 11.6 Å². The Hall–Kier alpha value is -2.44. The minimum absolute atomic E-state index is 0.00396. The molecular formula is C19H22N4O2. The molecule has 0 spiro atoms. The van der Waals surface area contributed by atoms with Crippen LogP contribution in [0.15, 0.2) is 47.4 Å². The fourth-order valence-electron chi connectivity index (χ4n) is 3.51. The molecule has 0 radical (unpaired) electrons. The molecule has 0 saturated carbocycles. The zero-order valence-electron chi connectivity index (χ0n) is 14.6. The highest BCUT2D eigenvalue weighted by atomic mass is 16.5. The Bertz CT molecular complexity index is 959. The van der Waals surface area contributed by atoms with E-state index in [4.69, 9.17) is 9.72 Å². The molecule has 1 fully saturated rings. The molecule has 0 unspecified atom stereocenters. The molecule has 1 aliphatic rings. The molecule has 2 aromatic heterocycles. The van der Waals surface area contributed by atoms with E-state index in [2.05, 4.69) is 15.5 Å². The number of aromatic nitrogens is 3. The van der Waals surface area contributed by atoms with Crippen molar-refractivity contribution in [3.8, 4) is 0 Å². The van der Waals surface area contributed by atoms with Crippen molar-refractivity contribution < 1.29 is 4.74 Å². The second kappa shape index (κ2) is 6.46. The highest BCUT2D eigenvalue weighted by molar-refractivity contribution is 5.77. The molecule has 1 saturated heterocycles. The maximum absolute atomic E-state index is 12.6. The first-order chi connectivity index (χ1) is 12.1. The van der Waals surface area contributed by atoms with Crippen LogP contribution in [0.1, 0.15) is 17.6 Å². The molecule has 0 bridgehead atoms. The lowest BCUT2D eigenvalue weighted by atomic mass is 10.1. The monoisotopic (exact) mass is 338 g/mol. The third kappa shape index (κ3) is 2.88. The van der Waals surface area contributed by atoms with E-state index in [0.717, 1.165) is 17.9 Å². The first-order valence-corrected chi connectivity index (χ1v) is 8.53. The number of nitrogens with zero attached hydrogens (tertiary/aromatic N) is 4. The number of aryl methyl sites for hydroxylation is 1. The largest absolute Gasteiger partial charge is 0.378 e. The van der Waals surface area contributed by atoms with Crippen LogP contribution in [0.25, 0.3) is 10.9 Å². The van der Waals surface area contributed by atoms with Crippen LogP contribution in [0.5, 0.6) is 0 Å². The van der Waals surface area contributed by atoms with E-state index in [9.17, 15) is 4.79 Å². The average Bonchev–Trinajstić information content (AvgIpc) is 3.06. The highest BCUT2D eigenvalue weighted by Crippen LogP contribution is 2.25. The van der Waals surface area contributed by atoms with Crippen LogP contribution in [0.2, 0.25) is 0 Å². The van der Waals surface area contributed by atoms with E-state index in [1.807, 2.05) is 43.6 Å². The first kappa shape index (κ1) is 16.1. The molecule has 6 nitrogen and oxygen atoms in total. The molecule has 6 heteroatoms. The number of ether oxygens (including phenoxy) is 1. The van der Waals surface area contributed by atoms with Gasteiger partial charge in [-0.3, -0.25) is 14.3 Å². The molecule has 3 heterocycles. The number of morpholine rings is 1. The Morgan fingerprint density at radius 3 is 2.84 bits per heavy atom. The van der Waals surface area contributed by atoms with E-state index in [1.165, 1.54) is 5.69 Å². The van der Waals surface area contributed by atoms with Crippen LogP contribution in [0, 0.1) is 0 Å². The lowest BCUT2D eigenvalue weighted by Gasteiger charge is -2.35. The summed E-state index contributed by atoms with van der Waals surface area (Å²) in [4.78, 5) is 19.7. The van der Waals surface area contributed by atoms with E-state index >= 15 is 0 Å². The molecule has 1 atom stereocenters. The molecule has 25 heavy (non-hydrogen) atoms. The SMILES string of the molecule is Cn1cccc1[C@@H]1COCCN1Cc1nc2ccccc2c(=O)n1C. The summed E-state index contributed by atoms with van der Waals surface area (Å²) in [5.41, 5.74) is 1.97. The minimum atomic E-state index is 0.00396. The van der Waals surface area contributed by atoms with Crippen molar-refractivity contribution in [3.05, 3.63) is 64.5 Å². The molecule has 4 rings (SSSR count). The summed E-state index contributed by atoms with van der Waals surface area (Å²) < 4.78 is 9.50. The van der Waals surface area contributed by atoms with Crippen LogP contribution >= 0.6 is 0 Å². The van der Waals surface area contributed by atoms with Gasteiger partial charge >= 0.3 is 0 Å². The van der Waals surface area contributed by atoms with Crippen molar-refractivity contribution in [2.24, 2.45) is 14.1 Å². The van der Waals surface area contributed by atoms with Gasteiger partial charge in [-0.05, 0) is 24.3 Å². The Kier molecular flexibility index (Phi) is 4.15. The topological polar surface area (TPSA) is 52.3 Å². The van der Waals surface area contributed by atoms with Crippen molar-refractivity contribution >= 4 is 10.9 Å². The molecular weight excluding hydrogens is 316 g/mol. The first-order valence-electron chi connectivity index (χ1n) is 8.53. The van der Waals surface area contributed by atoms with E-state index in [1.54, 1.807) is 11.6 Å². The fourth-order valence-corrected chi connectivity index (χ4v) is 3.51. The number of hydrogen-bond acceptors (Lipinski definition) is 4. The Balaban J connectivity index is 1.71. The normalized spacial score (nSPS) is 18.7. The lowest BCUT2D eigenvalue weighted by Crippen LogP contribution is -2.41. The predicted molar refractivity (Wildman–Crippen MR) is 96.4 cm³/mol. The Morgan fingerprint density at radius 2 is 2.04 bits per heavy atom. The molecule has 0 amide bonds. The average molecular weight is 338 g/mol. The fraction of sp³-hybridized carbons (Fsp3) is 0.368. The predicted octanol–water partition coefficient (Wildman–Crippen LogP) is 1.85. The number of rotatable bonds is 3. The van der Waals surface area contributed by atoms with Gasteiger partial charge in [-0.1, -0.05) is 12.1 Å². The van der Waals surface area contributed by atoms with Crippen molar-refractivity contribution in [2.75, 3.05) is 19.8 Å². The van der Waals surface area contributed by atoms with Crippen LogP contribution in [0.3, 0.4) is 0 Å². The lowest BCUT2D eigenvalue weighted by molar-refractivity contribution is -0.0167. The highest BCUT2D eigenvalue weighted by Gasteiger charge is 2.27. The summed E-state index contributed by atoms with van der Waals surface area (Å²) in [5, 5.41) is 0.662. The Labute approximate surface area is 146 Å². The van der Waals surface area contributed by atoms with Crippen molar-refractivity contribution in [1.29, 1.82) is 0 Å². The van der Waals surface area contributed by atoms with Crippen LogP contribution in [-0.4, -0.2) is 38.8 Å². The molecule has 0 N–H and O–H groups in total. The van der Waals surface area contributed by atoms with Crippen molar-refractivity contribution in [2.45, 2.75) is 12.6 Å². The number of benzene rings is 1. The van der Waals surface area contributed by atoms with Gasteiger partial charge < -0.3 is 9.30 Å². The molecule has 130 valence electrons. The van der Waals surface area contributed by atoms with Gasteiger partial charge in [0.25, 0.3) is 5.56 Å². The molecule has 3 aromatic rings. The number of fused-ring (bicyclic) bond motifs is 1. The van der Waals surface area contributed by atoms with Gasteiger partial charge in [0, 0.05) is 32.5 Å². The summed E-state index contributed by atoms with van der Waals surface area (Å²) in [6, 6.07) is 11.9. The molecule has 0 aliphatic carbocycles. The Morgan fingerprint density at radius 1 is 1.20 bits per heavy atom. The third-order valence-corrected chi connectivity index (χ3v) is 4.98. The third-order valence-electron chi connectivity index (χ3n) is 4.98. The summed E-state index contributed by atoms with van der Waals surface area (Å²) in [7, 11) is 3.85. The number of para-hydroxylation sites is 1. The molecule has 1 aromatic carbocycles. The van der Waals surface area contributed by atoms with Crippen LogP contribution in [-0.2, 0) is 25.4 Å². The summed E-state index contributed by atoms with van der Waals surface area (Å²) in [5.74, 6) is 0.782. The molecule has 1 aliphatic heterocycles. The standard InChI is InChI=1S/C19H22N4O2/c1-21-9-5-8-16(21)17-13-25-11-10-23(17)12-18-20-15-7-4-3-6-14(15)19(24)22(18)2/h3-9,17H,10-13H2,1-2H3/t17-/m0/s1.